The van der Waals surface area contributed by atoms with Crippen molar-refractivity contribution in [2.45, 2.75) is 33.4 Å². The van der Waals surface area contributed by atoms with Crippen LogP contribution in [0.15, 0.2) is 36.7 Å². The molecule has 20 heavy (non-hydrogen) atoms. The van der Waals surface area contributed by atoms with E-state index in [9.17, 15) is 0 Å². The Balaban J connectivity index is 2.18. The number of aryl methyl sites for hydroxylation is 2. The predicted octanol–water partition coefficient (Wildman–Crippen LogP) is 3.56. The monoisotopic (exact) mass is 270 g/mol. The number of pyridine rings is 1. The Morgan fingerprint density at radius 1 is 1.15 bits per heavy atom. The summed E-state index contributed by atoms with van der Waals surface area (Å²) in [7, 11) is 1.96. The van der Waals surface area contributed by atoms with Crippen molar-refractivity contribution in [3.05, 3.63) is 58.9 Å². The molecule has 0 radical (unpaired) electrons. The van der Waals surface area contributed by atoms with Crippen molar-refractivity contribution in [2.24, 2.45) is 0 Å². The second-order valence-corrected chi connectivity index (χ2v) is 5.21. The van der Waals surface area contributed by atoms with E-state index >= 15 is 0 Å². The fourth-order valence-electron chi connectivity index (χ4n) is 2.14. The normalized spacial score (nSPS) is 12.2. The van der Waals surface area contributed by atoms with Gasteiger partial charge in [-0.05, 0) is 51.1 Å². The molecule has 1 N–H and O–H groups in total. The molecule has 106 valence electrons. The van der Waals surface area contributed by atoms with Gasteiger partial charge in [-0.1, -0.05) is 12.1 Å². The van der Waals surface area contributed by atoms with Gasteiger partial charge >= 0.3 is 0 Å². The minimum atomic E-state index is 0.265. The summed E-state index contributed by atoms with van der Waals surface area (Å²) in [5.74, 6) is 0.938. The van der Waals surface area contributed by atoms with E-state index in [2.05, 4.69) is 48.4 Å². The lowest BCUT2D eigenvalue weighted by Gasteiger charge is -2.17. The van der Waals surface area contributed by atoms with Crippen LogP contribution in [-0.4, -0.2) is 12.0 Å². The Bertz CT molecular complexity index is 581. The van der Waals surface area contributed by atoms with Gasteiger partial charge in [-0.3, -0.25) is 4.98 Å². The van der Waals surface area contributed by atoms with Gasteiger partial charge in [0.1, 0.15) is 12.4 Å². The first-order valence-corrected chi connectivity index (χ1v) is 6.91. The lowest BCUT2D eigenvalue weighted by molar-refractivity contribution is 0.299. The highest BCUT2D eigenvalue weighted by Crippen LogP contribution is 2.27. The first-order chi connectivity index (χ1) is 9.60. The zero-order valence-electron chi connectivity index (χ0n) is 12.6. The quantitative estimate of drug-likeness (QED) is 0.902. The molecular formula is C17H22N2O. The molecule has 0 saturated heterocycles. The second-order valence-electron chi connectivity index (χ2n) is 5.21. The van der Waals surface area contributed by atoms with E-state index in [1.54, 1.807) is 0 Å². The number of ether oxygens (including phenoxy) is 1. The lowest BCUT2D eigenvalue weighted by Crippen LogP contribution is -2.14. The summed E-state index contributed by atoms with van der Waals surface area (Å²) in [6.45, 7) is 6.79. The maximum absolute atomic E-state index is 6.00. The number of nitrogens with zero attached hydrogens (tertiary/aromatic N) is 1. The number of aromatic nitrogens is 1. The predicted molar refractivity (Wildman–Crippen MR) is 82.0 cm³/mol. The molecule has 1 aromatic heterocycles. The Morgan fingerprint density at radius 3 is 2.65 bits per heavy atom. The van der Waals surface area contributed by atoms with Crippen LogP contribution < -0.4 is 10.1 Å². The van der Waals surface area contributed by atoms with Crippen LogP contribution in [0.2, 0.25) is 0 Å². The van der Waals surface area contributed by atoms with Gasteiger partial charge in [-0.25, -0.2) is 0 Å². The fourth-order valence-corrected chi connectivity index (χ4v) is 2.14. The minimum absolute atomic E-state index is 0.265. The average Bonchev–Trinajstić information content (AvgIpc) is 2.44. The van der Waals surface area contributed by atoms with Gasteiger partial charge < -0.3 is 10.1 Å². The highest BCUT2D eigenvalue weighted by molar-refractivity contribution is 5.39. The highest BCUT2D eigenvalue weighted by atomic mass is 16.5. The topological polar surface area (TPSA) is 34.1 Å². The number of rotatable bonds is 5. The number of benzene rings is 1. The molecule has 2 aromatic rings. The van der Waals surface area contributed by atoms with E-state index in [0.717, 1.165) is 16.9 Å². The van der Waals surface area contributed by atoms with Crippen molar-refractivity contribution < 1.29 is 4.74 Å². The Labute approximate surface area is 121 Å². The average molecular weight is 270 g/mol. The highest BCUT2D eigenvalue weighted by Gasteiger charge is 2.10. The molecule has 0 amide bonds. The number of nitrogens with one attached hydrogen (secondary N) is 1. The van der Waals surface area contributed by atoms with E-state index in [4.69, 9.17) is 4.74 Å². The van der Waals surface area contributed by atoms with Gasteiger partial charge in [0, 0.05) is 29.6 Å². The summed E-state index contributed by atoms with van der Waals surface area (Å²) >= 11 is 0. The summed E-state index contributed by atoms with van der Waals surface area (Å²) in [6, 6.07) is 8.70. The first kappa shape index (κ1) is 14.5. The summed E-state index contributed by atoms with van der Waals surface area (Å²) < 4.78 is 6.00. The molecule has 3 nitrogen and oxygen atoms in total. The zero-order chi connectivity index (χ0) is 14.5. The van der Waals surface area contributed by atoms with Crippen LogP contribution in [0.25, 0.3) is 0 Å². The minimum Gasteiger partial charge on any atom is -0.488 e. The number of hydrogen-bond donors (Lipinski definition) is 1. The molecule has 0 saturated carbocycles. The van der Waals surface area contributed by atoms with E-state index in [0.29, 0.717) is 6.61 Å². The van der Waals surface area contributed by atoms with Crippen LogP contribution in [0.1, 0.15) is 35.2 Å². The van der Waals surface area contributed by atoms with Gasteiger partial charge in [0.25, 0.3) is 0 Å². The van der Waals surface area contributed by atoms with Gasteiger partial charge in [0.15, 0.2) is 0 Å². The largest absolute Gasteiger partial charge is 0.488 e. The second kappa shape index (κ2) is 6.53. The molecule has 0 bridgehead atoms. The van der Waals surface area contributed by atoms with Crippen LogP contribution in [0.3, 0.4) is 0 Å². The van der Waals surface area contributed by atoms with Crippen molar-refractivity contribution >= 4 is 0 Å². The van der Waals surface area contributed by atoms with Crippen molar-refractivity contribution in [3.63, 3.8) is 0 Å². The third-order valence-corrected chi connectivity index (χ3v) is 3.39. The Kier molecular flexibility index (Phi) is 4.74. The summed E-state index contributed by atoms with van der Waals surface area (Å²) in [6.07, 6.45) is 3.70. The van der Waals surface area contributed by atoms with Gasteiger partial charge in [0.2, 0.25) is 0 Å². The molecule has 1 aromatic carbocycles. The molecule has 0 aliphatic heterocycles. The fraction of sp³-hybridized carbons (Fsp3) is 0.353. The van der Waals surface area contributed by atoms with Crippen LogP contribution in [0, 0.1) is 13.8 Å². The summed E-state index contributed by atoms with van der Waals surface area (Å²) in [5.41, 5.74) is 4.63. The van der Waals surface area contributed by atoms with Gasteiger partial charge in [-0.2, -0.15) is 0 Å². The van der Waals surface area contributed by atoms with Crippen molar-refractivity contribution in [1.82, 2.24) is 10.3 Å². The van der Waals surface area contributed by atoms with E-state index in [1.165, 1.54) is 11.1 Å². The van der Waals surface area contributed by atoms with Gasteiger partial charge in [0.05, 0.1) is 0 Å². The molecule has 3 heteroatoms. The molecule has 0 aliphatic rings. The molecule has 0 fully saturated rings. The lowest BCUT2D eigenvalue weighted by atomic mass is 10.1. The molecule has 1 atom stereocenters. The third-order valence-electron chi connectivity index (χ3n) is 3.39. The molecule has 0 aliphatic carbocycles. The van der Waals surface area contributed by atoms with Crippen molar-refractivity contribution in [3.8, 4) is 5.75 Å². The Hall–Kier alpha value is -1.87. The molecule has 1 heterocycles. The summed E-state index contributed by atoms with van der Waals surface area (Å²) in [4.78, 5) is 4.20. The first-order valence-electron chi connectivity index (χ1n) is 6.91. The van der Waals surface area contributed by atoms with E-state index in [-0.39, 0.29) is 6.04 Å². The maximum Gasteiger partial charge on any atom is 0.124 e. The third kappa shape index (κ3) is 3.58. The van der Waals surface area contributed by atoms with Crippen LogP contribution in [0.5, 0.6) is 5.75 Å². The van der Waals surface area contributed by atoms with Crippen LogP contribution >= 0.6 is 0 Å². The zero-order valence-corrected chi connectivity index (χ0v) is 12.6. The molecule has 2 rings (SSSR count). The standard InChI is InChI=1S/C17H22N2O/c1-12-5-6-16(14(3)18-4)17(8-12)20-11-15-7-13(2)9-19-10-15/h5-10,14,18H,11H2,1-4H3. The SMILES string of the molecule is CNC(C)c1ccc(C)cc1OCc1cncc(C)c1. The van der Waals surface area contributed by atoms with Crippen molar-refractivity contribution in [2.75, 3.05) is 7.05 Å². The maximum atomic E-state index is 6.00. The molecule has 0 spiro atoms. The van der Waals surface area contributed by atoms with E-state index < -0.39 is 0 Å². The van der Waals surface area contributed by atoms with Gasteiger partial charge in [-0.15, -0.1) is 0 Å². The number of hydrogen-bond acceptors (Lipinski definition) is 3. The molecular weight excluding hydrogens is 248 g/mol. The van der Waals surface area contributed by atoms with E-state index in [1.807, 2.05) is 26.4 Å². The smallest absolute Gasteiger partial charge is 0.124 e. The molecule has 1 unspecified atom stereocenters. The summed E-state index contributed by atoms with van der Waals surface area (Å²) in [5, 5.41) is 3.26. The van der Waals surface area contributed by atoms with Crippen LogP contribution in [-0.2, 0) is 6.61 Å². The van der Waals surface area contributed by atoms with Crippen molar-refractivity contribution in [1.29, 1.82) is 0 Å². The van der Waals surface area contributed by atoms with Crippen LogP contribution in [0.4, 0.5) is 0 Å². The Morgan fingerprint density at radius 2 is 1.95 bits per heavy atom.